The van der Waals surface area contributed by atoms with E-state index in [2.05, 4.69) is 0 Å². The van der Waals surface area contributed by atoms with Gasteiger partial charge in [0.25, 0.3) is 5.69 Å². The molecule has 2 aromatic rings. The van der Waals surface area contributed by atoms with Crippen molar-refractivity contribution in [3.8, 4) is 0 Å². The maximum atomic E-state index is 13.6. The van der Waals surface area contributed by atoms with Gasteiger partial charge in [-0.2, -0.15) is 0 Å². The van der Waals surface area contributed by atoms with Crippen LogP contribution in [-0.2, 0) is 6.42 Å². The highest BCUT2D eigenvalue weighted by atomic mass is 35.5. The number of non-ortho nitro benzene ring substituents is 1. The molecular weight excluding hydrogens is 285 g/mol. The van der Waals surface area contributed by atoms with Gasteiger partial charge in [-0.05, 0) is 17.7 Å². The highest BCUT2D eigenvalue weighted by Gasteiger charge is 2.14. The maximum Gasteiger partial charge on any atom is 0.269 e. The monoisotopic (exact) mass is 295 g/mol. The fraction of sp³-hybridized carbons (Fsp3) is 0.143. The van der Waals surface area contributed by atoms with Gasteiger partial charge in [-0.15, -0.1) is 0 Å². The molecule has 0 amide bonds. The number of aliphatic hydroxyl groups excluding tert-OH is 1. The third kappa shape index (κ3) is 3.31. The molecule has 0 fully saturated rings. The molecule has 0 aliphatic heterocycles. The van der Waals surface area contributed by atoms with Gasteiger partial charge in [0.2, 0.25) is 0 Å². The van der Waals surface area contributed by atoms with Crippen molar-refractivity contribution in [2.45, 2.75) is 12.5 Å². The topological polar surface area (TPSA) is 63.4 Å². The van der Waals surface area contributed by atoms with Crippen LogP contribution in [-0.4, -0.2) is 10.0 Å². The molecule has 0 bridgehead atoms. The highest BCUT2D eigenvalue weighted by Crippen LogP contribution is 2.24. The van der Waals surface area contributed by atoms with Gasteiger partial charge in [0.15, 0.2) is 0 Å². The van der Waals surface area contributed by atoms with Gasteiger partial charge in [-0.1, -0.05) is 29.8 Å². The van der Waals surface area contributed by atoms with Gasteiger partial charge >= 0.3 is 0 Å². The largest absolute Gasteiger partial charge is 0.388 e. The number of hydrogen-bond donors (Lipinski definition) is 1. The Morgan fingerprint density at radius 1 is 1.25 bits per heavy atom. The summed E-state index contributed by atoms with van der Waals surface area (Å²) in [7, 11) is 0. The molecule has 1 unspecified atom stereocenters. The third-order valence-corrected chi connectivity index (χ3v) is 3.13. The number of aliphatic hydroxyl groups is 1. The summed E-state index contributed by atoms with van der Waals surface area (Å²) in [6.45, 7) is 0. The Morgan fingerprint density at radius 2 is 1.90 bits per heavy atom. The highest BCUT2D eigenvalue weighted by molar-refractivity contribution is 6.30. The summed E-state index contributed by atoms with van der Waals surface area (Å²) >= 11 is 5.64. The Balaban J connectivity index is 2.14. The second-order valence-electron chi connectivity index (χ2n) is 4.31. The number of hydrogen-bond acceptors (Lipinski definition) is 3. The van der Waals surface area contributed by atoms with Crippen molar-refractivity contribution in [3.05, 3.63) is 74.5 Å². The van der Waals surface area contributed by atoms with Crippen LogP contribution in [0.4, 0.5) is 10.1 Å². The van der Waals surface area contributed by atoms with E-state index in [4.69, 9.17) is 11.6 Å². The molecule has 2 rings (SSSR count). The van der Waals surface area contributed by atoms with Crippen LogP contribution in [0.2, 0.25) is 5.02 Å². The van der Waals surface area contributed by atoms with Gasteiger partial charge in [0.05, 0.1) is 11.0 Å². The quantitative estimate of drug-likeness (QED) is 0.691. The van der Waals surface area contributed by atoms with Crippen LogP contribution in [0.3, 0.4) is 0 Å². The zero-order chi connectivity index (χ0) is 14.7. The minimum absolute atomic E-state index is 0.0269. The standard InChI is InChI=1S/C14H11ClFNO3/c15-10-3-6-12(13(16)8-10)14(18)7-9-1-4-11(5-2-9)17(19)20/h1-6,8,14,18H,7H2. The van der Waals surface area contributed by atoms with Crippen LogP contribution >= 0.6 is 11.6 Å². The number of benzene rings is 2. The predicted octanol–water partition coefficient (Wildman–Crippen LogP) is 3.66. The van der Waals surface area contributed by atoms with Gasteiger partial charge in [0, 0.05) is 29.1 Å². The molecule has 0 heterocycles. The first-order chi connectivity index (χ1) is 9.47. The Hall–Kier alpha value is -1.98. The molecule has 4 nitrogen and oxygen atoms in total. The molecule has 0 aliphatic carbocycles. The van der Waals surface area contributed by atoms with Crippen molar-refractivity contribution in [2.24, 2.45) is 0 Å². The van der Waals surface area contributed by atoms with Crippen molar-refractivity contribution in [3.63, 3.8) is 0 Å². The summed E-state index contributed by atoms with van der Waals surface area (Å²) in [6.07, 6.45) is -0.870. The first kappa shape index (κ1) is 14.4. The molecule has 20 heavy (non-hydrogen) atoms. The van der Waals surface area contributed by atoms with E-state index in [1.165, 1.54) is 36.4 Å². The van der Waals surface area contributed by atoms with Crippen LogP contribution in [0.15, 0.2) is 42.5 Å². The Bertz CT molecular complexity index is 631. The minimum atomic E-state index is -1.03. The van der Waals surface area contributed by atoms with E-state index in [9.17, 15) is 19.6 Å². The lowest BCUT2D eigenvalue weighted by molar-refractivity contribution is -0.384. The Kier molecular flexibility index (Phi) is 4.32. The summed E-state index contributed by atoms with van der Waals surface area (Å²) < 4.78 is 13.6. The van der Waals surface area contributed by atoms with E-state index in [0.717, 1.165) is 6.07 Å². The molecule has 1 N–H and O–H groups in total. The molecule has 0 saturated heterocycles. The number of nitrogens with zero attached hydrogens (tertiary/aromatic N) is 1. The maximum absolute atomic E-state index is 13.6. The molecule has 0 aromatic heterocycles. The lowest BCUT2D eigenvalue weighted by atomic mass is 10.0. The molecule has 0 spiro atoms. The molecule has 0 radical (unpaired) electrons. The Morgan fingerprint density at radius 3 is 2.45 bits per heavy atom. The molecule has 0 aliphatic rings. The molecule has 6 heteroatoms. The van der Waals surface area contributed by atoms with Crippen LogP contribution in [0.1, 0.15) is 17.2 Å². The first-order valence-electron chi connectivity index (χ1n) is 5.83. The van der Waals surface area contributed by atoms with E-state index in [1.54, 1.807) is 0 Å². The van der Waals surface area contributed by atoms with Crippen molar-refractivity contribution < 1.29 is 14.4 Å². The smallest absolute Gasteiger partial charge is 0.269 e. The number of nitro groups is 1. The van der Waals surface area contributed by atoms with E-state index in [-0.39, 0.29) is 22.7 Å². The molecule has 2 aromatic carbocycles. The summed E-state index contributed by atoms with van der Waals surface area (Å²) in [5.74, 6) is -0.577. The van der Waals surface area contributed by atoms with Crippen LogP contribution in [0, 0.1) is 15.9 Å². The fourth-order valence-corrected chi connectivity index (χ4v) is 2.02. The second kappa shape index (κ2) is 5.98. The van der Waals surface area contributed by atoms with Crippen LogP contribution in [0.5, 0.6) is 0 Å². The van der Waals surface area contributed by atoms with Gasteiger partial charge in [-0.25, -0.2) is 4.39 Å². The van der Waals surface area contributed by atoms with Crippen LogP contribution < -0.4 is 0 Å². The van der Waals surface area contributed by atoms with Crippen molar-refractivity contribution in [1.82, 2.24) is 0 Å². The summed E-state index contributed by atoms with van der Waals surface area (Å²) in [6, 6.07) is 9.83. The molecule has 104 valence electrons. The van der Waals surface area contributed by atoms with Crippen molar-refractivity contribution >= 4 is 17.3 Å². The predicted molar refractivity (Wildman–Crippen MR) is 73.2 cm³/mol. The van der Waals surface area contributed by atoms with Gasteiger partial charge in [0.1, 0.15) is 5.82 Å². The number of halogens is 2. The lowest BCUT2D eigenvalue weighted by Crippen LogP contribution is -2.04. The van der Waals surface area contributed by atoms with E-state index in [1.807, 2.05) is 0 Å². The average molecular weight is 296 g/mol. The van der Waals surface area contributed by atoms with Crippen molar-refractivity contribution in [1.29, 1.82) is 0 Å². The normalized spacial score (nSPS) is 12.2. The zero-order valence-electron chi connectivity index (χ0n) is 10.3. The third-order valence-electron chi connectivity index (χ3n) is 2.90. The summed E-state index contributed by atoms with van der Waals surface area (Å²) in [4.78, 5) is 10.0. The van der Waals surface area contributed by atoms with E-state index < -0.39 is 16.8 Å². The minimum Gasteiger partial charge on any atom is -0.388 e. The van der Waals surface area contributed by atoms with Gasteiger partial charge in [-0.3, -0.25) is 10.1 Å². The molecular formula is C14H11ClFNO3. The first-order valence-corrected chi connectivity index (χ1v) is 6.21. The fourth-order valence-electron chi connectivity index (χ4n) is 1.86. The van der Waals surface area contributed by atoms with Gasteiger partial charge < -0.3 is 5.11 Å². The zero-order valence-corrected chi connectivity index (χ0v) is 11.0. The second-order valence-corrected chi connectivity index (χ2v) is 4.75. The summed E-state index contributed by atoms with van der Waals surface area (Å²) in [5.41, 5.74) is 0.797. The molecule has 0 saturated carbocycles. The van der Waals surface area contributed by atoms with E-state index >= 15 is 0 Å². The van der Waals surface area contributed by atoms with Crippen molar-refractivity contribution in [2.75, 3.05) is 0 Å². The lowest BCUT2D eigenvalue weighted by Gasteiger charge is -2.12. The summed E-state index contributed by atoms with van der Waals surface area (Å²) in [5, 5.41) is 20.8. The Labute approximate surface area is 119 Å². The van der Waals surface area contributed by atoms with E-state index in [0.29, 0.717) is 5.56 Å². The average Bonchev–Trinajstić information content (AvgIpc) is 2.39. The number of nitro benzene ring substituents is 1. The molecule has 1 atom stereocenters. The number of rotatable bonds is 4. The van der Waals surface area contributed by atoms with Crippen LogP contribution in [0.25, 0.3) is 0 Å². The SMILES string of the molecule is O=[N+]([O-])c1ccc(CC(O)c2ccc(Cl)cc2F)cc1.